The normalized spacial score (nSPS) is 10.5. The Morgan fingerprint density at radius 1 is 1.32 bits per heavy atom. The fourth-order valence-electron chi connectivity index (χ4n) is 1.73. The summed E-state index contributed by atoms with van der Waals surface area (Å²) >= 11 is 3.34. The third kappa shape index (κ3) is 3.67. The van der Waals surface area contributed by atoms with Gasteiger partial charge in [-0.05, 0) is 49.2 Å². The zero-order chi connectivity index (χ0) is 13.8. The van der Waals surface area contributed by atoms with E-state index < -0.39 is 0 Å². The Balaban J connectivity index is 1.96. The van der Waals surface area contributed by atoms with Crippen molar-refractivity contribution in [3.63, 3.8) is 0 Å². The fraction of sp³-hybridized carbons (Fsp3) is 0.214. The molecule has 0 fully saturated rings. The number of benzene rings is 1. The predicted molar refractivity (Wildman–Crippen MR) is 79.7 cm³/mol. The van der Waals surface area contributed by atoms with Gasteiger partial charge in [0, 0.05) is 11.0 Å². The average molecular weight is 324 g/mol. The predicted octanol–water partition coefficient (Wildman–Crippen LogP) is 3.53. The van der Waals surface area contributed by atoms with Crippen molar-refractivity contribution >= 4 is 27.4 Å². The number of aryl methyl sites for hydroxylation is 1. The van der Waals surface area contributed by atoms with Crippen LogP contribution in [0.15, 0.2) is 34.8 Å². The second kappa shape index (κ2) is 6.02. The van der Waals surface area contributed by atoms with Gasteiger partial charge in [-0.2, -0.15) is 0 Å². The van der Waals surface area contributed by atoms with E-state index in [2.05, 4.69) is 26.2 Å². The van der Waals surface area contributed by atoms with E-state index in [1.54, 1.807) is 12.1 Å². The Kier molecular flexibility index (Phi) is 4.37. The molecule has 19 heavy (non-hydrogen) atoms. The first-order valence-corrected chi connectivity index (χ1v) is 6.76. The number of aromatic nitrogens is 1. The van der Waals surface area contributed by atoms with Gasteiger partial charge in [-0.15, -0.1) is 0 Å². The van der Waals surface area contributed by atoms with Gasteiger partial charge < -0.3 is 11.1 Å². The Morgan fingerprint density at radius 3 is 2.84 bits per heavy atom. The van der Waals surface area contributed by atoms with Crippen molar-refractivity contribution in [3.05, 3.63) is 51.9 Å². The number of hydrogen-bond donors (Lipinski definition) is 2. The molecule has 1 heterocycles. The van der Waals surface area contributed by atoms with Gasteiger partial charge in [0.2, 0.25) is 0 Å². The summed E-state index contributed by atoms with van der Waals surface area (Å²) in [5, 5.41) is 3.16. The van der Waals surface area contributed by atoms with E-state index in [0.29, 0.717) is 24.2 Å². The van der Waals surface area contributed by atoms with E-state index in [0.717, 1.165) is 16.0 Å². The van der Waals surface area contributed by atoms with Crippen molar-refractivity contribution in [1.29, 1.82) is 0 Å². The van der Waals surface area contributed by atoms with Crippen LogP contribution < -0.4 is 11.1 Å². The highest BCUT2D eigenvalue weighted by atomic mass is 79.9. The van der Waals surface area contributed by atoms with Crippen LogP contribution in [0.25, 0.3) is 0 Å². The summed E-state index contributed by atoms with van der Waals surface area (Å²) in [7, 11) is 0. The molecule has 0 aliphatic rings. The van der Waals surface area contributed by atoms with Crippen LogP contribution in [0, 0.1) is 12.7 Å². The average Bonchev–Trinajstić information content (AvgIpc) is 2.38. The molecule has 0 radical (unpaired) electrons. The number of anilines is 2. The third-order valence-electron chi connectivity index (χ3n) is 2.83. The summed E-state index contributed by atoms with van der Waals surface area (Å²) in [6, 6.07) is 8.57. The number of nitrogens with one attached hydrogen (secondary N) is 1. The number of nitrogens with zero attached hydrogens (tertiary/aromatic N) is 1. The SMILES string of the molecule is Cc1nc(NCCc2cc(Br)ccc2F)ccc1N. The molecular weight excluding hydrogens is 309 g/mol. The Morgan fingerprint density at radius 2 is 2.11 bits per heavy atom. The number of pyridine rings is 1. The van der Waals surface area contributed by atoms with Crippen molar-refractivity contribution in [2.24, 2.45) is 0 Å². The monoisotopic (exact) mass is 323 g/mol. The second-order valence-electron chi connectivity index (χ2n) is 4.28. The largest absolute Gasteiger partial charge is 0.397 e. The van der Waals surface area contributed by atoms with Gasteiger partial charge in [0.05, 0.1) is 11.4 Å². The molecule has 0 atom stereocenters. The number of hydrogen-bond acceptors (Lipinski definition) is 3. The number of nitrogens with two attached hydrogens (primary N) is 1. The molecule has 0 aliphatic heterocycles. The van der Waals surface area contributed by atoms with Crippen LogP contribution in [0.1, 0.15) is 11.3 Å². The summed E-state index contributed by atoms with van der Waals surface area (Å²) in [6.07, 6.45) is 0.594. The zero-order valence-corrected chi connectivity index (χ0v) is 12.2. The summed E-state index contributed by atoms with van der Waals surface area (Å²) in [4.78, 5) is 4.30. The quantitative estimate of drug-likeness (QED) is 0.905. The summed E-state index contributed by atoms with van der Waals surface area (Å²) in [6.45, 7) is 2.47. The van der Waals surface area contributed by atoms with Gasteiger partial charge in [-0.1, -0.05) is 15.9 Å². The van der Waals surface area contributed by atoms with Crippen LogP contribution >= 0.6 is 15.9 Å². The minimum Gasteiger partial charge on any atom is -0.397 e. The molecule has 0 bridgehead atoms. The number of rotatable bonds is 4. The maximum absolute atomic E-state index is 13.5. The van der Waals surface area contributed by atoms with E-state index >= 15 is 0 Å². The van der Waals surface area contributed by atoms with E-state index in [4.69, 9.17) is 5.73 Å². The van der Waals surface area contributed by atoms with Gasteiger partial charge in [-0.3, -0.25) is 0 Å². The molecule has 3 nitrogen and oxygen atoms in total. The van der Waals surface area contributed by atoms with E-state index in [1.165, 1.54) is 6.07 Å². The minimum atomic E-state index is -0.188. The lowest BCUT2D eigenvalue weighted by molar-refractivity contribution is 0.610. The molecule has 0 unspecified atom stereocenters. The Bertz CT molecular complexity index is 587. The highest BCUT2D eigenvalue weighted by Crippen LogP contribution is 2.16. The van der Waals surface area contributed by atoms with Gasteiger partial charge in [0.25, 0.3) is 0 Å². The first kappa shape index (κ1) is 13.8. The third-order valence-corrected chi connectivity index (χ3v) is 3.33. The van der Waals surface area contributed by atoms with E-state index in [9.17, 15) is 4.39 Å². The lowest BCUT2D eigenvalue weighted by Crippen LogP contribution is -2.08. The standard InChI is InChI=1S/C14H15BrFN3/c1-9-13(17)4-5-14(19-9)18-7-6-10-8-11(15)2-3-12(10)16/h2-5,8H,6-7,17H2,1H3,(H,18,19). The molecule has 100 valence electrons. The molecule has 5 heteroatoms. The summed E-state index contributed by atoms with van der Waals surface area (Å²) in [5.41, 5.74) is 7.84. The molecule has 2 rings (SSSR count). The van der Waals surface area contributed by atoms with Crippen LogP contribution in [-0.2, 0) is 6.42 Å². The van der Waals surface area contributed by atoms with Crippen molar-refractivity contribution in [2.45, 2.75) is 13.3 Å². The Hall–Kier alpha value is -1.62. The molecule has 1 aromatic heterocycles. The van der Waals surface area contributed by atoms with Crippen molar-refractivity contribution in [1.82, 2.24) is 4.98 Å². The molecule has 2 aromatic rings. The topological polar surface area (TPSA) is 50.9 Å². The molecule has 0 amide bonds. The smallest absolute Gasteiger partial charge is 0.126 e. The van der Waals surface area contributed by atoms with Gasteiger partial charge >= 0.3 is 0 Å². The molecule has 0 saturated carbocycles. The molecule has 0 aliphatic carbocycles. The van der Waals surface area contributed by atoms with Crippen molar-refractivity contribution in [3.8, 4) is 0 Å². The van der Waals surface area contributed by atoms with Crippen LogP contribution in [0.4, 0.5) is 15.9 Å². The van der Waals surface area contributed by atoms with Gasteiger partial charge in [-0.25, -0.2) is 9.37 Å². The van der Waals surface area contributed by atoms with Crippen LogP contribution in [0.2, 0.25) is 0 Å². The highest BCUT2D eigenvalue weighted by Gasteiger charge is 2.03. The molecule has 1 aromatic carbocycles. The molecule has 3 N–H and O–H groups in total. The van der Waals surface area contributed by atoms with E-state index in [1.807, 2.05) is 19.1 Å². The van der Waals surface area contributed by atoms with Crippen molar-refractivity contribution in [2.75, 3.05) is 17.6 Å². The number of halogens is 2. The second-order valence-corrected chi connectivity index (χ2v) is 5.20. The number of nitrogen functional groups attached to an aromatic ring is 1. The van der Waals surface area contributed by atoms with Gasteiger partial charge in [0.15, 0.2) is 0 Å². The van der Waals surface area contributed by atoms with Crippen LogP contribution in [0.5, 0.6) is 0 Å². The summed E-state index contributed by atoms with van der Waals surface area (Å²) < 4.78 is 14.4. The minimum absolute atomic E-state index is 0.188. The van der Waals surface area contributed by atoms with Crippen molar-refractivity contribution < 1.29 is 4.39 Å². The fourth-order valence-corrected chi connectivity index (χ4v) is 2.14. The lowest BCUT2D eigenvalue weighted by Gasteiger charge is -2.08. The maximum atomic E-state index is 13.5. The maximum Gasteiger partial charge on any atom is 0.126 e. The Labute approximate surface area is 120 Å². The van der Waals surface area contributed by atoms with Crippen LogP contribution in [0.3, 0.4) is 0 Å². The first-order chi connectivity index (χ1) is 9.06. The molecule has 0 spiro atoms. The molecular formula is C14H15BrFN3. The highest BCUT2D eigenvalue weighted by molar-refractivity contribution is 9.10. The first-order valence-electron chi connectivity index (χ1n) is 5.97. The molecule has 0 saturated heterocycles. The van der Waals surface area contributed by atoms with E-state index in [-0.39, 0.29) is 5.82 Å². The van der Waals surface area contributed by atoms with Crippen LogP contribution in [-0.4, -0.2) is 11.5 Å². The summed E-state index contributed by atoms with van der Waals surface area (Å²) in [5.74, 6) is 0.563. The zero-order valence-electron chi connectivity index (χ0n) is 10.6. The van der Waals surface area contributed by atoms with Gasteiger partial charge in [0.1, 0.15) is 11.6 Å². The lowest BCUT2D eigenvalue weighted by atomic mass is 10.1.